The zero-order chi connectivity index (χ0) is 14.5. The lowest BCUT2D eigenvalue weighted by Gasteiger charge is -2.04. The maximum absolute atomic E-state index is 11.8. The zero-order valence-corrected chi connectivity index (χ0v) is 11.0. The quantitative estimate of drug-likeness (QED) is 0.678. The third-order valence-corrected chi connectivity index (χ3v) is 2.69. The number of hydrogen-bond donors (Lipinski definition) is 3. The Hall–Kier alpha value is -2.83. The topological polar surface area (TPSA) is 102 Å². The van der Waals surface area contributed by atoms with Crippen molar-refractivity contribution in [2.24, 2.45) is 0 Å². The number of benzene rings is 1. The second-order valence-electron chi connectivity index (χ2n) is 4.06. The van der Waals surface area contributed by atoms with Gasteiger partial charge in [0.2, 0.25) is 5.91 Å². The van der Waals surface area contributed by atoms with Crippen LogP contribution in [0.5, 0.6) is 0 Å². The van der Waals surface area contributed by atoms with Gasteiger partial charge in [0.15, 0.2) is 5.69 Å². The van der Waals surface area contributed by atoms with E-state index >= 15 is 0 Å². The molecule has 1 aromatic heterocycles. The summed E-state index contributed by atoms with van der Waals surface area (Å²) in [7, 11) is 1.50. The Morgan fingerprint density at radius 1 is 1.30 bits per heavy atom. The number of nitrogens with two attached hydrogens (primary N) is 1. The number of carbonyl (C=O) groups is 2. The lowest BCUT2D eigenvalue weighted by Crippen LogP contribution is -2.35. The molecule has 0 aliphatic rings. The number of carbonyl (C=O) groups excluding carboxylic acids is 2. The van der Waals surface area contributed by atoms with Crippen LogP contribution in [0.2, 0.25) is 0 Å². The summed E-state index contributed by atoms with van der Waals surface area (Å²) in [6.07, 6.45) is 1.64. The smallest absolute Gasteiger partial charge is 0.272 e. The lowest BCUT2D eigenvalue weighted by atomic mass is 10.3. The molecule has 0 aliphatic heterocycles. The molecule has 20 heavy (non-hydrogen) atoms. The van der Waals surface area contributed by atoms with Gasteiger partial charge in [-0.1, -0.05) is 12.1 Å². The minimum absolute atomic E-state index is 0.0876. The highest BCUT2D eigenvalue weighted by atomic mass is 16.2. The van der Waals surface area contributed by atoms with Crippen molar-refractivity contribution in [3.8, 4) is 5.69 Å². The Bertz CT molecular complexity index is 635. The SMILES string of the molecule is CNC(=O)CNC(=O)c1ccn(-c2ccccc2N)n1. The Balaban J connectivity index is 2.11. The van der Waals surface area contributed by atoms with Gasteiger partial charge in [0.05, 0.1) is 17.9 Å². The first-order chi connectivity index (χ1) is 9.61. The summed E-state index contributed by atoms with van der Waals surface area (Å²) in [5, 5.41) is 9.02. The van der Waals surface area contributed by atoms with E-state index in [0.717, 1.165) is 0 Å². The van der Waals surface area contributed by atoms with Gasteiger partial charge in [0.1, 0.15) is 0 Å². The molecule has 0 unspecified atom stereocenters. The van der Waals surface area contributed by atoms with Crippen LogP contribution >= 0.6 is 0 Å². The average Bonchev–Trinajstić information content (AvgIpc) is 2.94. The standard InChI is InChI=1S/C13H15N5O2/c1-15-12(19)8-16-13(20)10-6-7-18(17-10)11-5-3-2-4-9(11)14/h2-7H,8,14H2,1H3,(H,15,19)(H,16,20). The van der Waals surface area contributed by atoms with Crippen molar-refractivity contribution in [3.05, 3.63) is 42.2 Å². The number of nitrogens with one attached hydrogen (secondary N) is 2. The van der Waals surface area contributed by atoms with Crippen LogP contribution in [-0.4, -0.2) is 35.2 Å². The van der Waals surface area contributed by atoms with Gasteiger partial charge in [-0.2, -0.15) is 5.10 Å². The normalized spacial score (nSPS) is 10.1. The fraction of sp³-hybridized carbons (Fsp3) is 0.154. The Kier molecular flexibility index (Phi) is 3.99. The van der Waals surface area contributed by atoms with Crippen LogP contribution < -0.4 is 16.4 Å². The van der Waals surface area contributed by atoms with Crippen LogP contribution in [0.15, 0.2) is 36.5 Å². The third kappa shape index (κ3) is 2.94. The van der Waals surface area contributed by atoms with Crippen LogP contribution in [0, 0.1) is 0 Å². The fourth-order valence-corrected chi connectivity index (χ4v) is 1.61. The van der Waals surface area contributed by atoms with Crippen molar-refractivity contribution < 1.29 is 9.59 Å². The molecule has 2 aromatic rings. The van der Waals surface area contributed by atoms with E-state index in [4.69, 9.17) is 5.73 Å². The summed E-state index contributed by atoms with van der Waals surface area (Å²) < 4.78 is 1.52. The molecule has 7 nitrogen and oxygen atoms in total. The second kappa shape index (κ2) is 5.87. The molecule has 0 fully saturated rings. The van der Waals surface area contributed by atoms with Gasteiger partial charge in [0, 0.05) is 13.2 Å². The highest BCUT2D eigenvalue weighted by Crippen LogP contribution is 2.15. The first-order valence-electron chi connectivity index (χ1n) is 6.01. The highest BCUT2D eigenvalue weighted by molar-refractivity contribution is 5.94. The van der Waals surface area contributed by atoms with Crippen LogP contribution in [0.1, 0.15) is 10.5 Å². The van der Waals surface area contributed by atoms with E-state index in [9.17, 15) is 9.59 Å². The molecule has 0 radical (unpaired) electrons. The maximum atomic E-state index is 11.8. The third-order valence-electron chi connectivity index (χ3n) is 2.69. The monoisotopic (exact) mass is 273 g/mol. The summed E-state index contributed by atoms with van der Waals surface area (Å²) in [4.78, 5) is 22.8. The number of nitrogens with zero attached hydrogens (tertiary/aromatic N) is 2. The summed E-state index contributed by atoms with van der Waals surface area (Å²) in [6.45, 7) is -0.0876. The van der Waals surface area contributed by atoms with Crippen LogP contribution in [-0.2, 0) is 4.79 Å². The molecule has 0 aliphatic carbocycles. The lowest BCUT2D eigenvalue weighted by molar-refractivity contribution is -0.119. The van der Waals surface area contributed by atoms with Crippen molar-refractivity contribution in [3.63, 3.8) is 0 Å². The number of anilines is 1. The summed E-state index contributed by atoms with van der Waals surface area (Å²) in [5.74, 6) is -0.688. The summed E-state index contributed by atoms with van der Waals surface area (Å²) in [5.41, 5.74) is 7.31. The molecule has 2 rings (SSSR count). The predicted molar refractivity (Wildman–Crippen MR) is 74.4 cm³/mol. The number of likely N-dealkylation sites (N-methyl/N-ethyl adjacent to an activating group) is 1. The van der Waals surface area contributed by atoms with Gasteiger partial charge >= 0.3 is 0 Å². The van der Waals surface area contributed by atoms with Gasteiger partial charge in [-0.05, 0) is 18.2 Å². The van der Waals surface area contributed by atoms with Gasteiger partial charge in [-0.15, -0.1) is 0 Å². The number of aromatic nitrogens is 2. The van der Waals surface area contributed by atoms with Crippen molar-refractivity contribution in [2.45, 2.75) is 0 Å². The molecule has 2 amide bonds. The van der Waals surface area contributed by atoms with Crippen LogP contribution in [0.4, 0.5) is 5.69 Å². The largest absolute Gasteiger partial charge is 0.397 e. The van der Waals surface area contributed by atoms with Gasteiger partial charge < -0.3 is 16.4 Å². The number of amides is 2. The van der Waals surface area contributed by atoms with E-state index in [1.54, 1.807) is 24.4 Å². The number of rotatable bonds is 4. The van der Waals surface area contributed by atoms with E-state index in [1.807, 2.05) is 12.1 Å². The molecule has 0 saturated heterocycles. The van der Waals surface area contributed by atoms with Crippen molar-refractivity contribution in [2.75, 3.05) is 19.3 Å². The molecular weight excluding hydrogens is 258 g/mol. The Morgan fingerprint density at radius 3 is 2.75 bits per heavy atom. The first-order valence-corrected chi connectivity index (χ1v) is 6.01. The first kappa shape index (κ1) is 13.6. The molecule has 0 saturated carbocycles. The van der Waals surface area contributed by atoms with Gasteiger partial charge in [-0.25, -0.2) is 4.68 Å². The molecule has 7 heteroatoms. The molecule has 4 N–H and O–H groups in total. The molecule has 104 valence electrons. The fourth-order valence-electron chi connectivity index (χ4n) is 1.61. The molecule has 0 atom stereocenters. The van der Waals surface area contributed by atoms with Crippen LogP contribution in [0.25, 0.3) is 5.69 Å². The molecule has 0 bridgehead atoms. The number of hydrogen-bond acceptors (Lipinski definition) is 4. The number of nitrogen functional groups attached to an aromatic ring is 1. The van der Waals surface area contributed by atoms with E-state index < -0.39 is 5.91 Å². The van der Waals surface area contributed by atoms with Gasteiger partial charge in [0.25, 0.3) is 5.91 Å². The maximum Gasteiger partial charge on any atom is 0.272 e. The Morgan fingerprint density at radius 2 is 2.05 bits per heavy atom. The van der Waals surface area contributed by atoms with Gasteiger partial charge in [-0.3, -0.25) is 9.59 Å². The zero-order valence-electron chi connectivity index (χ0n) is 11.0. The number of para-hydroxylation sites is 2. The van der Waals surface area contributed by atoms with Crippen molar-refractivity contribution in [1.82, 2.24) is 20.4 Å². The molecule has 1 heterocycles. The predicted octanol–water partition coefficient (Wildman–Crippen LogP) is -0.0697. The Labute approximate surface area is 115 Å². The van der Waals surface area contributed by atoms with E-state index in [-0.39, 0.29) is 18.1 Å². The molecule has 0 spiro atoms. The highest BCUT2D eigenvalue weighted by Gasteiger charge is 2.11. The van der Waals surface area contributed by atoms with E-state index in [2.05, 4.69) is 15.7 Å². The molecular formula is C13H15N5O2. The summed E-state index contributed by atoms with van der Waals surface area (Å²) >= 11 is 0. The second-order valence-corrected chi connectivity index (χ2v) is 4.06. The van der Waals surface area contributed by atoms with E-state index in [0.29, 0.717) is 11.4 Å². The minimum Gasteiger partial charge on any atom is -0.397 e. The van der Waals surface area contributed by atoms with Crippen molar-refractivity contribution >= 4 is 17.5 Å². The summed E-state index contributed by atoms with van der Waals surface area (Å²) in [6, 6.07) is 8.76. The average molecular weight is 273 g/mol. The van der Waals surface area contributed by atoms with Crippen molar-refractivity contribution in [1.29, 1.82) is 0 Å². The van der Waals surface area contributed by atoms with E-state index in [1.165, 1.54) is 11.7 Å². The van der Waals surface area contributed by atoms with Crippen LogP contribution in [0.3, 0.4) is 0 Å². The molecule has 1 aromatic carbocycles. The minimum atomic E-state index is -0.415.